The molecule has 0 fully saturated rings. The van der Waals surface area contributed by atoms with Gasteiger partial charge in [0.05, 0.1) is 23.2 Å². The molecule has 2 unspecified atom stereocenters. The molecule has 0 aromatic heterocycles. The van der Waals surface area contributed by atoms with E-state index in [2.05, 4.69) is 10.6 Å². The third kappa shape index (κ3) is 5.05. The molecule has 0 heterocycles. The monoisotopic (exact) mass is 314 g/mol. The second-order valence-electron chi connectivity index (χ2n) is 4.29. The third-order valence-electron chi connectivity index (χ3n) is 2.59. The largest absolute Gasteiger partial charge is 0.480 e. The van der Waals surface area contributed by atoms with Crippen molar-refractivity contribution in [3.63, 3.8) is 0 Å². The van der Waals surface area contributed by atoms with Gasteiger partial charge in [-0.2, -0.15) is 0 Å². The first-order valence-electron chi connectivity index (χ1n) is 6.06. The van der Waals surface area contributed by atoms with Crippen molar-refractivity contribution >= 4 is 29.4 Å². The molecule has 1 aromatic carbocycles. The van der Waals surface area contributed by atoms with Crippen LogP contribution in [0.1, 0.15) is 17.3 Å². The summed E-state index contributed by atoms with van der Waals surface area (Å²) in [5, 5.41) is 22.7. The quantitative estimate of drug-likeness (QED) is 0.591. The number of carbonyl (C=O) groups excluding carboxylic acids is 2. The van der Waals surface area contributed by atoms with Gasteiger partial charge in [0.15, 0.2) is 6.04 Å². The Bertz CT molecular complexity index is 547. The highest BCUT2D eigenvalue weighted by Crippen LogP contribution is 2.14. The van der Waals surface area contributed by atoms with Crippen molar-refractivity contribution in [1.29, 1.82) is 0 Å². The van der Waals surface area contributed by atoms with Gasteiger partial charge in [0, 0.05) is 0 Å². The predicted octanol–water partition coefficient (Wildman–Crippen LogP) is 0.0200. The van der Waals surface area contributed by atoms with Gasteiger partial charge < -0.3 is 20.8 Å². The highest BCUT2D eigenvalue weighted by Gasteiger charge is 2.25. The lowest BCUT2D eigenvalue weighted by Crippen LogP contribution is -2.50. The van der Waals surface area contributed by atoms with Crippen LogP contribution in [-0.2, 0) is 9.59 Å². The first-order valence-corrected chi connectivity index (χ1v) is 6.43. The summed E-state index contributed by atoms with van der Waals surface area (Å²) in [6.07, 6.45) is -1.26. The van der Waals surface area contributed by atoms with E-state index in [9.17, 15) is 19.5 Å². The highest BCUT2D eigenvalue weighted by molar-refractivity contribution is 6.33. The Kier molecular flexibility index (Phi) is 6.13. The minimum atomic E-state index is -1.44. The van der Waals surface area contributed by atoms with E-state index in [0.717, 1.165) is 0 Å². The molecule has 0 spiro atoms. The van der Waals surface area contributed by atoms with Crippen LogP contribution >= 0.6 is 11.6 Å². The van der Waals surface area contributed by atoms with E-state index in [1.807, 2.05) is 0 Å². The SMILES string of the molecule is CC(O)C(NC(=O)CNC(=O)c1ccccc1Cl)C(=O)O. The average molecular weight is 315 g/mol. The Morgan fingerprint density at radius 3 is 2.43 bits per heavy atom. The van der Waals surface area contributed by atoms with Gasteiger partial charge >= 0.3 is 5.97 Å². The van der Waals surface area contributed by atoms with Gasteiger partial charge in [0.2, 0.25) is 5.91 Å². The molecule has 2 atom stereocenters. The zero-order valence-electron chi connectivity index (χ0n) is 11.2. The third-order valence-corrected chi connectivity index (χ3v) is 2.92. The van der Waals surface area contributed by atoms with Crippen molar-refractivity contribution in [1.82, 2.24) is 10.6 Å². The lowest BCUT2D eigenvalue weighted by molar-refractivity contribution is -0.144. The number of halogens is 1. The van der Waals surface area contributed by atoms with Crippen molar-refractivity contribution in [3.8, 4) is 0 Å². The normalized spacial score (nSPS) is 13.1. The molecule has 1 rings (SSSR count). The molecule has 0 saturated carbocycles. The van der Waals surface area contributed by atoms with Crippen molar-refractivity contribution in [2.45, 2.75) is 19.1 Å². The summed E-state index contributed by atoms with van der Waals surface area (Å²) in [6.45, 7) is 0.807. The number of aliphatic hydroxyl groups excluding tert-OH is 1. The minimum Gasteiger partial charge on any atom is -0.480 e. The number of nitrogens with one attached hydrogen (secondary N) is 2. The molecule has 2 amide bonds. The number of carbonyl (C=O) groups is 3. The smallest absolute Gasteiger partial charge is 0.328 e. The highest BCUT2D eigenvalue weighted by atomic mass is 35.5. The number of carboxylic acids is 1. The van der Waals surface area contributed by atoms with Gasteiger partial charge in [-0.25, -0.2) is 4.79 Å². The summed E-state index contributed by atoms with van der Waals surface area (Å²) in [6, 6.07) is 4.87. The average Bonchev–Trinajstić information content (AvgIpc) is 2.42. The summed E-state index contributed by atoms with van der Waals surface area (Å²) in [5.41, 5.74) is 0.206. The van der Waals surface area contributed by atoms with Crippen LogP contribution in [0, 0.1) is 0 Å². The number of rotatable bonds is 6. The molecule has 0 aliphatic heterocycles. The maximum Gasteiger partial charge on any atom is 0.328 e. The van der Waals surface area contributed by atoms with E-state index >= 15 is 0 Å². The van der Waals surface area contributed by atoms with Gasteiger partial charge in [-0.15, -0.1) is 0 Å². The van der Waals surface area contributed by atoms with Gasteiger partial charge in [-0.05, 0) is 19.1 Å². The van der Waals surface area contributed by atoms with E-state index in [1.165, 1.54) is 19.1 Å². The van der Waals surface area contributed by atoms with Crippen LogP contribution in [0.2, 0.25) is 5.02 Å². The van der Waals surface area contributed by atoms with Crippen molar-refractivity contribution in [2.75, 3.05) is 6.54 Å². The van der Waals surface area contributed by atoms with E-state index < -0.39 is 36.5 Å². The van der Waals surface area contributed by atoms with Crippen LogP contribution in [0.5, 0.6) is 0 Å². The van der Waals surface area contributed by atoms with Gasteiger partial charge in [0.1, 0.15) is 0 Å². The van der Waals surface area contributed by atoms with Gasteiger partial charge in [-0.3, -0.25) is 9.59 Å². The molecule has 0 saturated heterocycles. The number of benzene rings is 1. The van der Waals surface area contributed by atoms with E-state index in [0.29, 0.717) is 0 Å². The minimum absolute atomic E-state index is 0.206. The molecule has 7 nitrogen and oxygen atoms in total. The molecule has 0 aliphatic rings. The molecule has 0 bridgehead atoms. The molecule has 8 heteroatoms. The fourth-order valence-electron chi connectivity index (χ4n) is 1.51. The maximum absolute atomic E-state index is 11.8. The summed E-state index contributed by atoms with van der Waals surface area (Å²) in [4.78, 5) is 34.1. The van der Waals surface area contributed by atoms with E-state index in [4.69, 9.17) is 16.7 Å². The van der Waals surface area contributed by atoms with Crippen LogP contribution in [0.15, 0.2) is 24.3 Å². The Hall–Kier alpha value is -2.12. The van der Waals surface area contributed by atoms with Gasteiger partial charge in [-0.1, -0.05) is 23.7 Å². The Balaban J connectivity index is 2.55. The van der Waals surface area contributed by atoms with Crippen LogP contribution in [-0.4, -0.2) is 46.7 Å². The number of aliphatic carboxylic acids is 1. The van der Waals surface area contributed by atoms with Crippen molar-refractivity contribution in [2.24, 2.45) is 0 Å². The molecular formula is C13H15ClN2O5. The zero-order valence-corrected chi connectivity index (χ0v) is 11.9. The summed E-state index contributed by atoms with van der Waals surface area (Å²) < 4.78 is 0. The topological polar surface area (TPSA) is 116 Å². The molecule has 4 N–H and O–H groups in total. The molecule has 0 aliphatic carbocycles. The molecule has 114 valence electrons. The second kappa shape index (κ2) is 7.61. The fraction of sp³-hybridized carbons (Fsp3) is 0.308. The maximum atomic E-state index is 11.8. The first-order chi connectivity index (χ1) is 9.82. The molecule has 0 radical (unpaired) electrons. The predicted molar refractivity (Wildman–Crippen MR) is 75.0 cm³/mol. The Morgan fingerprint density at radius 1 is 1.29 bits per heavy atom. The van der Waals surface area contributed by atoms with Gasteiger partial charge in [0.25, 0.3) is 5.91 Å². The summed E-state index contributed by atoms with van der Waals surface area (Å²) in [5.74, 6) is -2.65. The number of amides is 2. The zero-order chi connectivity index (χ0) is 16.0. The lowest BCUT2D eigenvalue weighted by atomic mass is 10.2. The van der Waals surface area contributed by atoms with Crippen molar-refractivity contribution < 1.29 is 24.6 Å². The number of carboxylic acid groups (broad SMARTS) is 1. The standard InChI is InChI=1S/C13H15ClN2O5/c1-7(17)11(13(20)21)16-10(18)6-15-12(19)8-4-2-3-5-9(8)14/h2-5,7,11,17H,6H2,1H3,(H,15,19)(H,16,18)(H,20,21). The first kappa shape index (κ1) is 16.9. The second-order valence-corrected chi connectivity index (χ2v) is 4.69. The van der Waals surface area contributed by atoms with Crippen LogP contribution in [0.4, 0.5) is 0 Å². The van der Waals surface area contributed by atoms with E-state index in [-0.39, 0.29) is 10.6 Å². The lowest BCUT2D eigenvalue weighted by Gasteiger charge is -2.17. The Morgan fingerprint density at radius 2 is 1.90 bits per heavy atom. The molecule has 1 aromatic rings. The van der Waals surface area contributed by atoms with Crippen LogP contribution in [0.25, 0.3) is 0 Å². The van der Waals surface area contributed by atoms with Crippen molar-refractivity contribution in [3.05, 3.63) is 34.9 Å². The van der Waals surface area contributed by atoms with Crippen LogP contribution < -0.4 is 10.6 Å². The molecule has 21 heavy (non-hydrogen) atoms. The molecular weight excluding hydrogens is 300 g/mol. The number of aliphatic hydroxyl groups is 1. The fourth-order valence-corrected chi connectivity index (χ4v) is 1.74. The Labute approximate surface area is 125 Å². The summed E-state index contributed by atoms with van der Waals surface area (Å²) >= 11 is 5.83. The number of hydrogen-bond acceptors (Lipinski definition) is 4. The van der Waals surface area contributed by atoms with Crippen LogP contribution in [0.3, 0.4) is 0 Å². The summed E-state index contributed by atoms with van der Waals surface area (Å²) in [7, 11) is 0. The van der Waals surface area contributed by atoms with E-state index in [1.54, 1.807) is 12.1 Å². The number of hydrogen-bond donors (Lipinski definition) is 4.